The Morgan fingerprint density at radius 3 is 2.45 bits per heavy atom. The molecule has 1 aromatic heterocycles. The van der Waals surface area contributed by atoms with Gasteiger partial charge in [-0.25, -0.2) is 9.07 Å². The molecule has 0 aliphatic heterocycles. The van der Waals surface area contributed by atoms with Crippen LogP contribution >= 0.6 is 0 Å². The van der Waals surface area contributed by atoms with Crippen molar-refractivity contribution in [1.82, 2.24) is 9.78 Å². The third-order valence-electron chi connectivity index (χ3n) is 2.81. The van der Waals surface area contributed by atoms with Crippen molar-refractivity contribution in [3.05, 3.63) is 60.2 Å². The Hall–Kier alpha value is -2.11. The highest BCUT2D eigenvalue weighted by Crippen LogP contribution is 2.36. The lowest BCUT2D eigenvalue weighted by molar-refractivity contribution is -0.144. The second-order valence-electron chi connectivity index (χ2n) is 4.42. The van der Waals surface area contributed by atoms with Crippen LogP contribution < -0.4 is 0 Å². The first-order chi connectivity index (χ1) is 10.3. The normalized spacial score (nSPS) is 17.4. The van der Waals surface area contributed by atoms with E-state index in [1.54, 1.807) is 0 Å². The highest BCUT2D eigenvalue weighted by atomic mass is 19.4. The fraction of sp³-hybridized carbons (Fsp3) is 0.312. The van der Waals surface area contributed by atoms with Gasteiger partial charge in [0.15, 0.2) is 5.69 Å². The van der Waals surface area contributed by atoms with Gasteiger partial charge in [-0.15, -0.1) is 0 Å². The van der Waals surface area contributed by atoms with Crippen molar-refractivity contribution in [2.24, 2.45) is 0 Å². The van der Waals surface area contributed by atoms with Crippen LogP contribution in [0.1, 0.15) is 38.1 Å². The summed E-state index contributed by atoms with van der Waals surface area (Å²) in [5.41, 5.74) is -0.758. The fourth-order valence-electron chi connectivity index (χ4n) is 1.94. The molecule has 0 N–H and O–H groups in total. The number of rotatable bonds is 2. The molecule has 120 valence electrons. The first-order valence-corrected chi connectivity index (χ1v) is 6.83. The zero-order valence-corrected chi connectivity index (χ0v) is 12.7. The second kappa shape index (κ2) is 7.24. The Bertz CT molecular complexity index is 619. The lowest BCUT2D eigenvalue weighted by Crippen LogP contribution is -2.19. The van der Waals surface area contributed by atoms with Gasteiger partial charge in [-0.3, -0.25) is 0 Å². The third kappa shape index (κ3) is 3.96. The molecule has 1 heterocycles. The molecule has 2 nitrogen and oxygen atoms in total. The lowest BCUT2D eigenvalue weighted by atomic mass is 10.1. The average Bonchev–Trinajstić information content (AvgIpc) is 2.79. The van der Waals surface area contributed by atoms with E-state index in [-0.39, 0.29) is 11.1 Å². The summed E-state index contributed by atoms with van der Waals surface area (Å²) in [5.74, 6) is -0.611. The molecule has 1 atom stereocenters. The molecule has 2 rings (SSSR count). The maximum atomic E-state index is 13.4. The largest absolute Gasteiger partial charge is 0.433 e. The predicted molar refractivity (Wildman–Crippen MR) is 79.8 cm³/mol. The molecule has 0 saturated heterocycles. The molecule has 6 heteroatoms. The molecule has 0 radical (unpaired) electrons. The molecule has 0 amide bonds. The monoisotopic (exact) mass is 314 g/mol. The van der Waals surface area contributed by atoms with Gasteiger partial charge in [0, 0.05) is 5.56 Å². The predicted octanol–water partition coefficient (Wildman–Crippen LogP) is 5.48. The standard InChI is InChI=1S/C14H12F4N2.C2H6/c1-9(2)12-8-19-20(13(12)14(16,17)18)11-6-4-3-5-10(15)7-11;1-2/h3-8,11H,1H2,2H3;1-2H3. The summed E-state index contributed by atoms with van der Waals surface area (Å²) in [7, 11) is 0. The summed E-state index contributed by atoms with van der Waals surface area (Å²) in [6.45, 7) is 8.99. The van der Waals surface area contributed by atoms with Crippen LogP contribution in [0.5, 0.6) is 0 Å². The van der Waals surface area contributed by atoms with Crippen LogP contribution in [0.3, 0.4) is 0 Å². The molecule has 0 aromatic carbocycles. The number of aromatic nitrogens is 2. The highest BCUT2D eigenvalue weighted by Gasteiger charge is 2.39. The van der Waals surface area contributed by atoms with Crippen molar-refractivity contribution < 1.29 is 17.6 Å². The van der Waals surface area contributed by atoms with Gasteiger partial charge in [0.1, 0.15) is 5.83 Å². The number of hydrogen-bond donors (Lipinski definition) is 0. The van der Waals surface area contributed by atoms with Crippen LogP contribution in [0.15, 0.2) is 49.0 Å². The molecule has 1 unspecified atom stereocenters. The van der Waals surface area contributed by atoms with Crippen LogP contribution in [0.4, 0.5) is 17.6 Å². The van der Waals surface area contributed by atoms with Gasteiger partial charge in [0.05, 0.1) is 12.2 Å². The number of nitrogens with zero attached hydrogens (tertiary/aromatic N) is 2. The van der Waals surface area contributed by atoms with Crippen LogP contribution in [-0.2, 0) is 6.18 Å². The maximum absolute atomic E-state index is 13.4. The molecular formula is C16H18F4N2. The van der Waals surface area contributed by atoms with Crippen molar-refractivity contribution >= 4 is 5.57 Å². The number of allylic oxidation sites excluding steroid dienone is 7. The molecule has 1 aliphatic carbocycles. The zero-order valence-electron chi connectivity index (χ0n) is 12.7. The minimum Gasteiger partial charge on any atom is -0.249 e. The molecule has 0 bridgehead atoms. The van der Waals surface area contributed by atoms with E-state index in [4.69, 9.17) is 0 Å². The molecule has 1 aliphatic rings. The SMILES string of the molecule is C=C(C)c1cnn(C2C=CC=CC(F)=C2)c1C(F)(F)F.CC. The highest BCUT2D eigenvalue weighted by molar-refractivity contribution is 5.63. The Kier molecular flexibility index (Phi) is 5.91. The maximum Gasteiger partial charge on any atom is 0.433 e. The van der Waals surface area contributed by atoms with Crippen molar-refractivity contribution in [2.45, 2.75) is 33.0 Å². The summed E-state index contributed by atoms with van der Waals surface area (Å²) >= 11 is 0. The van der Waals surface area contributed by atoms with Crippen molar-refractivity contribution in [3.63, 3.8) is 0 Å². The van der Waals surface area contributed by atoms with E-state index in [9.17, 15) is 17.6 Å². The molecule has 22 heavy (non-hydrogen) atoms. The van der Waals surface area contributed by atoms with Gasteiger partial charge < -0.3 is 0 Å². The summed E-state index contributed by atoms with van der Waals surface area (Å²) in [5, 5.41) is 3.75. The molecule has 0 saturated carbocycles. The zero-order chi connectivity index (χ0) is 16.9. The fourth-order valence-corrected chi connectivity index (χ4v) is 1.94. The average molecular weight is 314 g/mol. The Balaban J connectivity index is 0.00000116. The van der Waals surface area contributed by atoms with E-state index in [1.807, 2.05) is 13.8 Å². The van der Waals surface area contributed by atoms with Gasteiger partial charge in [-0.1, -0.05) is 38.7 Å². The Labute approximate surface area is 127 Å². The molecule has 1 aromatic rings. The van der Waals surface area contributed by atoms with E-state index in [0.717, 1.165) is 17.0 Å². The Morgan fingerprint density at radius 1 is 1.27 bits per heavy atom. The summed E-state index contributed by atoms with van der Waals surface area (Å²) in [6.07, 6.45) is 3.09. The van der Waals surface area contributed by atoms with Gasteiger partial charge in [0.25, 0.3) is 0 Å². The van der Waals surface area contributed by atoms with Crippen molar-refractivity contribution in [2.75, 3.05) is 0 Å². The first-order valence-electron chi connectivity index (χ1n) is 6.83. The summed E-state index contributed by atoms with van der Waals surface area (Å²) in [4.78, 5) is 0. The van der Waals surface area contributed by atoms with E-state index >= 15 is 0 Å². The molecular weight excluding hydrogens is 296 g/mol. The van der Waals surface area contributed by atoms with Crippen LogP contribution in [-0.4, -0.2) is 9.78 Å². The first kappa shape index (κ1) is 17.9. The van der Waals surface area contributed by atoms with Crippen molar-refractivity contribution in [1.29, 1.82) is 0 Å². The molecule has 0 fully saturated rings. The quantitative estimate of drug-likeness (QED) is 0.661. The minimum atomic E-state index is -4.59. The lowest BCUT2D eigenvalue weighted by Gasteiger charge is -2.16. The van der Waals surface area contributed by atoms with Crippen LogP contribution in [0.25, 0.3) is 5.57 Å². The number of hydrogen-bond acceptors (Lipinski definition) is 1. The van der Waals surface area contributed by atoms with E-state index in [1.165, 1.54) is 31.2 Å². The Morgan fingerprint density at radius 2 is 1.91 bits per heavy atom. The summed E-state index contributed by atoms with van der Waals surface area (Å²) in [6, 6.07) is -0.935. The van der Waals surface area contributed by atoms with E-state index in [0.29, 0.717) is 0 Å². The smallest absolute Gasteiger partial charge is 0.249 e. The van der Waals surface area contributed by atoms with Gasteiger partial charge >= 0.3 is 6.18 Å². The van der Waals surface area contributed by atoms with Crippen LogP contribution in [0, 0.1) is 0 Å². The van der Waals surface area contributed by atoms with Gasteiger partial charge in [-0.05, 0) is 24.6 Å². The minimum absolute atomic E-state index is 0.0862. The van der Waals surface area contributed by atoms with Gasteiger partial charge in [-0.2, -0.15) is 18.3 Å². The summed E-state index contributed by atoms with van der Waals surface area (Å²) < 4.78 is 53.7. The number of alkyl halides is 3. The molecule has 0 spiro atoms. The van der Waals surface area contributed by atoms with E-state index < -0.39 is 23.7 Å². The van der Waals surface area contributed by atoms with Crippen molar-refractivity contribution in [3.8, 4) is 0 Å². The number of halogens is 4. The van der Waals surface area contributed by atoms with Crippen LogP contribution in [0.2, 0.25) is 0 Å². The van der Waals surface area contributed by atoms with E-state index in [2.05, 4.69) is 11.7 Å². The van der Waals surface area contributed by atoms with Gasteiger partial charge in [0.2, 0.25) is 0 Å². The second-order valence-corrected chi connectivity index (χ2v) is 4.42. The topological polar surface area (TPSA) is 17.8 Å². The third-order valence-corrected chi connectivity index (χ3v) is 2.81.